The molecular formula is C23H22N6O4S. The maximum atomic E-state index is 12.2. The number of nitrogens with zero attached hydrogens (tertiary/aromatic N) is 4. The molecule has 174 valence electrons. The highest BCUT2D eigenvalue weighted by molar-refractivity contribution is 7.92. The molecule has 4 rings (SSSR count). The molecular weight excluding hydrogens is 456 g/mol. The van der Waals surface area contributed by atoms with E-state index < -0.39 is 16.0 Å². The Hall–Kier alpha value is -4.25. The minimum absolute atomic E-state index is 0.0928. The summed E-state index contributed by atoms with van der Waals surface area (Å²) in [6.45, 7) is 1.98. The molecule has 3 N–H and O–H groups in total. The summed E-state index contributed by atoms with van der Waals surface area (Å²) in [6, 6.07) is 11.8. The number of rotatable bonds is 8. The van der Waals surface area contributed by atoms with Gasteiger partial charge in [-0.15, -0.1) is 0 Å². The van der Waals surface area contributed by atoms with Gasteiger partial charge >= 0.3 is 5.97 Å². The summed E-state index contributed by atoms with van der Waals surface area (Å²) < 4.78 is 25.7. The van der Waals surface area contributed by atoms with Crippen molar-refractivity contribution in [1.82, 2.24) is 19.9 Å². The van der Waals surface area contributed by atoms with E-state index in [1.54, 1.807) is 55.6 Å². The number of fused-ring (bicyclic) bond motifs is 1. The Labute approximate surface area is 196 Å². The third kappa shape index (κ3) is 4.74. The monoisotopic (exact) mass is 478 g/mol. The number of carboxylic acids is 1. The van der Waals surface area contributed by atoms with Crippen molar-refractivity contribution in [3.63, 3.8) is 0 Å². The van der Waals surface area contributed by atoms with Crippen LogP contribution in [0.1, 0.15) is 28.5 Å². The Morgan fingerprint density at radius 1 is 1.15 bits per heavy atom. The lowest BCUT2D eigenvalue weighted by Crippen LogP contribution is -2.30. The lowest BCUT2D eigenvalue weighted by atomic mass is 10.2. The number of pyridine rings is 1. The number of carbonyl (C=O) groups is 1. The number of para-hydroxylation sites is 1. The minimum Gasteiger partial charge on any atom is -0.478 e. The van der Waals surface area contributed by atoms with Gasteiger partial charge in [0.1, 0.15) is 11.5 Å². The summed E-state index contributed by atoms with van der Waals surface area (Å²) in [4.78, 5) is 27.8. The summed E-state index contributed by atoms with van der Waals surface area (Å²) in [5, 5.41) is 13.2. The van der Waals surface area contributed by atoms with Crippen molar-refractivity contribution in [3.8, 4) is 0 Å². The molecule has 0 aliphatic heterocycles. The van der Waals surface area contributed by atoms with Gasteiger partial charge < -0.3 is 15.4 Å². The zero-order chi connectivity index (χ0) is 24.3. The number of nitrogens with one attached hydrogen (secondary N) is 2. The SMILES string of the molecule is CCN(c1ncccc1/C=C/c1nc(Nc2ccccc2C(=O)O)nc2[nH]ccc12)S(C)(=O)=O. The van der Waals surface area contributed by atoms with Crippen LogP contribution in [0.25, 0.3) is 23.2 Å². The number of sulfonamides is 1. The van der Waals surface area contributed by atoms with Crippen molar-refractivity contribution in [2.24, 2.45) is 0 Å². The van der Waals surface area contributed by atoms with Gasteiger partial charge in [-0.05, 0) is 49.4 Å². The van der Waals surface area contributed by atoms with E-state index in [0.29, 0.717) is 28.4 Å². The van der Waals surface area contributed by atoms with E-state index >= 15 is 0 Å². The number of aromatic nitrogens is 4. The van der Waals surface area contributed by atoms with Crippen LogP contribution >= 0.6 is 0 Å². The zero-order valence-corrected chi connectivity index (χ0v) is 19.2. The van der Waals surface area contributed by atoms with Crippen molar-refractivity contribution in [1.29, 1.82) is 0 Å². The molecule has 0 aliphatic carbocycles. The zero-order valence-electron chi connectivity index (χ0n) is 18.4. The van der Waals surface area contributed by atoms with Crippen molar-refractivity contribution < 1.29 is 18.3 Å². The lowest BCUT2D eigenvalue weighted by molar-refractivity contribution is 0.0698. The van der Waals surface area contributed by atoms with Crippen LogP contribution in [-0.2, 0) is 10.0 Å². The number of benzene rings is 1. The first kappa shape index (κ1) is 22.9. The Balaban J connectivity index is 1.75. The number of anilines is 3. The van der Waals surface area contributed by atoms with Crippen LogP contribution in [0.3, 0.4) is 0 Å². The Bertz CT molecular complexity index is 1500. The molecule has 0 atom stereocenters. The average Bonchev–Trinajstić information content (AvgIpc) is 3.27. The van der Waals surface area contributed by atoms with Gasteiger partial charge in [0.2, 0.25) is 16.0 Å². The molecule has 0 fully saturated rings. The van der Waals surface area contributed by atoms with Crippen molar-refractivity contribution >= 4 is 56.6 Å². The highest BCUT2D eigenvalue weighted by Gasteiger charge is 2.19. The number of hydrogen-bond acceptors (Lipinski definition) is 7. The average molecular weight is 479 g/mol. The normalized spacial score (nSPS) is 11.7. The fourth-order valence-electron chi connectivity index (χ4n) is 3.50. The molecule has 34 heavy (non-hydrogen) atoms. The molecule has 0 bridgehead atoms. The summed E-state index contributed by atoms with van der Waals surface area (Å²) in [5.74, 6) is -0.544. The van der Waals surface area contributed by atoms with Gasteiger partial charge in [-0.3, -0.25) is 4.31 Å². The predicted octanol–water partition coefficient (Wildman–Crippen LogP) is 3.75. The van der Waals surface area contributed by atoms with Crippen LogP contribution in [-0.4, -0.2) is 52.2 Å². The molecule has 4 aromatic rings. The van der Waals surface area contributed by atoms with Crippen LogP contribution in [0, 0.1) is 0 Å². The molecule has 1 aromatic carbocycles. The standard InChI is InChI=1S/C23H22N6O4S/c1-3-29(34(2,32)33)21-15(7-6-13-25-21)10-11-19-16-12-14-24-20(16)28-23(27-19)26-18-9-5-4-8-17(18)22(30)31/h4-14H,3H2,1-2H3,(H,30,31)(H2,24,26,27,28)/b11-10+. The molecule has 0 radical (unpaired) electrons. The topological polar surface area (TPSA) is 141 Å². The molecule has 0 saturated carbocycles. The Morgan fingerprint density at radius 3 is 2.68 bits per heavy atom. The minimum atomic E-state index is -3.50. The van der Waals surface area contributed by atoms with E-state index in [-0.39, 0.29) is 18.1 Å². The van der Waals surface area contributed by atoms with Crippen LogP contribution in [0.15, 0.2) is 54.9 Å². The highest BCUT2D eigenvalue weighted by Crippen LogP contribution is 2.25. The van der Waals surface area contributed by atoms with Gasteiger partial charge in [0, 0.05) is 29.9 Å². The Kier molecular flexibility index (Phi) is 6.28. The maximum Gasteiger partial charge on any atom is 0.337 e. The number of aromatic amines is 1. The molecule has 3 heterocycles. The first-order valence-electron chi connectivity index (χ1n) is 10.3. The van der Waals surface area contributed by atoms with E-state index in [0.717, 1.165) is 11.6 Å². The van der Waals surface area contributed by atoms with Gasteiger partial charge in [-0.1, -0.05) is 12.1 Å². The summed E-state index contributed by atoms with van der Waals surface area (Å²) in [5.41, 5.74) is 2.16. The van der Waals surface area contributed by atoms with Gasteiger partial charge in [-0.25, -0.2) is 23.2 Å². The number of H-pyrrole nitrogens is 1. The fourth-order valence-corrected chi connectivity index (χ4v) is 4.44. The first-order chi connectivity index (χ1) is 16.3. The molecule has 0 aliphatic rings. The molecule has 10 nitrogen and oxygen atoms in total. The molecule has 0 spiro atoms. The van der Waals surface area contributed by atoms with E-state index in [9.17, 15) is 18.3 Å². The molecule has 3 aromatic heterocycles. The first-order valence-corrected chi connectivity index (χ1v) is 12.2. The maximum absolute atomic E-state index is 12.2. The number of carboxylic acid groups (broad SMARTS) is 1. The third-order valence-electron chi connectivity index (χ3n) is 5.01. The summed E-state index contributed by atoms with van der Waals surface area (Å²) in [7, 11) is -3.50. The van der Waals surface area contributed by atoms with Gasteiger partial charge in [0.25, 0.3) is 0 Å². The fraction of sp³-hybridized carbons (Fsp3) is 0.130. The Morgan fingerprint density at radius 2 is 1.94 bits per heavy atom. The van der Waals surface area contributed by atoms with Gasteiger partial charge in [0.15, 0.2) is 0 Å². The number of aromatic carboxylic acids is 1. The highest BCUT2D eigenvalue weighted by atomic mass is 32.2. The van der Waals surface area contributed by atoms with Crippen LogP contribution in [0.2, 0.25) is 0 Å². The predicted molar refractivity (Wildman–Crippen MR) is 132 cm³/mol. The van der Waals surface area contributed by atoms with Crippen LogP contribution < -0.4 is 9.62 Å². The second-order valence-electron chi connectivity index (χ2n) is 7.33. The van der Waals surface area contributed by atoms with Crippen LogP contribution in [0.4, 0.5) is 17.5 Å². The largest absolute Gasteiger partial charge is 0.478 e. The van der Waals surface area contributed by atoms with E-state index in [1.165, 1.54) is 16.6 Å². The second-order valence-corrected chi connectivity index (χ2v) is 9.23. The van der Waals surface area contributed by atoms with Crippen LogP contribution in [0.5, 0.6) is 0 Å². The van der Waals surface area contributed by atoms with Gasteiger partial charge in [-0.2, -0.15) is 4.98 Å². The molecule has 0 amide bonds. The molecule has 11 heteroatoms. The third-order valence-corrected chi connectivity index (χ3v) is 6.24. The van der Waals surface area contributed by atoms with Gasteiger partial charge in [0.05, 0.1) is 23.2 Å². The lowest BCUT2D eigenvalue weighted by Gasteiger charge is -2.20. The van der Waals surface area contributed by atoms with E-state index in [4.69, 9.17) is 0 Å². The number of hydrogen-bond donors (Lipinski definition) is 3. The van der Waals surface area contributed by atoms with Crippen molar-refractivity contribution in [3.05, 3.63) is 71.7 Å². The van der Waals surface area contributed by atoms with Crippen molar-refractivity contribution in [2.45, 2.75) is 6.92 Å². The van der Waals surface area contributed by atoms with E-state index in [2.05, 4.69) is 25.3 Å². The quantitative estimate of drug-likeness (QED) is 0.348. The van der Waals surface area contributed by atoms with E-state index in [1.807, 2.05) is 6.07 Å². The molecule has 0 unspecified atom stereocenters. The second kappa shape index (κ2) is 9.32. The smallest absolute Gasteiger partial charge is 0.337 e. The molecule has 0 saturated heterocycles. The van der Waals surface area contributed by atoms with Crippen molar-refractivity contribution in [2.75, 3.05) is 22.4 Å². The summed E-state index contributed by atoms with van der Waals surface area (Å²) >= 11 is 0. The summed E-state index contributed by atoms with van der Waals surface area (Å²) in [6.07, 6.45) is 7.88.